The van der Waals surface area contributed by atoms with Crippen molar-refractivity contribution in [2.45, 2.75) is 13.1 Å². The Labute approximate surface area is 209 Å². The van der Waals surface area contributed by atoms with Gasteiger partial charge in [0.2, 0.25) is 5.91 Å². The molecule has 0 spiro atoms. The van der Waals surface area contributed by atoms with Crippen molar-refractivity contribution in [3.05, 3.63) is 66.6 Å². The van der Waals surface area contributed by atoms with E-state index in [4.69, 9.17) is 14.2 Å². The van der Waals surface area contributed by atoms with E-state index < -0.39 is 0 Å². The van der Waals surface area contributed by atoms with Gasteiger partial charge in [-0.3, -0.25) is 4.79 Å². The molecule has 0 radical (unpaired) electrons. The van der Waals surface area contributed by atoms with Crippen LogP contribution in [0.25, 0.3) is 22.2 Å². The van der Waals surface area contributed by atoms with Crippen LogP contribution in [0.15, 0.2) is 61.1 Å². The van der Waals surface area contributed by atoms with Gasteiger partial charge < -0.3 is 29.0 Å². The lowest BCUT2D eigenvalue weighted by Crippen LogP contribution is -2.37. The van der Waals surface area contributed by atoms with Crippen LogP contribution in [0.3, 0.4) is 0 Å². The first-order valence-electron chi connectivity index (χ1n) is 11.9. The largest absolute Gasteiger partial charge is 0.493 e. The van der Waals surface area contributed by atoms with Gasteiger partial charge in [0, 0.05) is 31.4 Å². The normalized spacial score (nSPS) is 13.6. The fraction of sp³-hybridized carbons (Fsp3) is 0.296. The predicted molar refractivity (Wildman–Crippen MR) is 137 cm³/mol. The molecule has 2 aromatic carbocycles. The van der Waals surface area contributed by atoms with Crippen LogP contribution >= 0.6 is 0 Å². The van der Waals surface area contributed by atoms with Crippen LogP contribution in [0, 0.1) is 0 Å². The Morgan fingerprint density at radius 3 is 2.56 bits per heavy atom. The minimum Gasteiger partial charge on any atom is -0.493 e. The molecular weight excluding hydrogens is 458 g/mol. The molecule has 0 saturated carbocycles. The number of ether oxygens (including phenoxy) is 3. The van der Waals surface area contributed by atoms with Crippen molar-refractivity contribution >= 4 is 22.8 Å². The lowest BCUT2D eigenvalue weighted by atomic mass is 10.1. The number of anilines is 1. The Balaban J connectivity index is 1.44. The average Bonchev–Trinajstić information content (AvgIpc) is 3.31. The van der Waals surface area contributed by atoms with Crippen LogP contribution in [-0.2, 0) is 22.6 Å². The van der Waals surface area contributed by atoms with Crippen LogP contribution in [0.1, 0.15) is 5.56 Å². The minimum absolute atomic E-state index is 0.113. The first-order valence-corrected chi connectivity index (χ1v) is 11.9. The number of rotatable bonds is 8. The summed E-state index contributed by atoms with van der Waals surface area (Å²) in [5.41, 5.74) is 4.60. The molecule has 186 valence electrons. The molecular formula is C27H29N5O4. The number of nitrogens with zero attached hydrogens (tertiary/aromatic N) is 4. The zero-order valence-corrected chi connectivity index (χ0v) is 20.4. The molecule has 3 heterocycles. The molecule has 5 rings (SSSR count). The van der Waals surface area contributed by atoms with Crippen molar-refractivity contribution in [1.29, 1.82) is 0 Å². The van der Waals surface area contributed by atoms with Gasteiger partial charge in [-0.25, -0.2) is 9.97 Å². The van der Waals surface area contributed by atoms with E-state index in [2.05, 4.69) is 20.2 Å². The monoisotopic (exact) mass is 487 g/mol. The van der Waals surface area contributed by atoms with E-state index in [1.165, 1.54) is 0 Å². The highest BCUT2D eigenvalue weighted by Crippen LogP contribution is 2.34. The molecule has 1 fully saturated rings. The number of hydrogen-bond acceptors (Lipinski definition) is 7. The van der Waals surface area contributed by atoms with E-state index in [0.29, 0.717) is 31.3 Å². The first-order chi connectivity index (χ1) is 17.7. The summed E-state index contributed by atoms with van der Waals surface area (Å²) >= 11 is 0. The number of methoxy groups -OCH3 is 2. The predicted octanol–water partition coefficient (Wildman–Crippen LogP) is 3.27. The Hall–Kier alpha value is -4.11. The molecule has 0 atom stereocenters. The maximum atomic E-state index is 13.1. The zero-order chi connectivity index (χ0) is 24.9. The fourth-order valence-electron chi connectivity index (χ4n) is 4.47. The zero-order valence-electron chi connectivity index (χ0n) is 20.4. The Morgan fingerprint density at radius 2 is 1.81 bits per heavy atom. The molecule has 1 saturated heterocycles. The van der Waals surface area contributed by atoms with E-state index in [9.17, 15) is 4.79 Å². The third-order valence-corrected chi connectivity index (χ3v) is 6.28. The number of amides is 1. The van der Waals surface area contributed by atoms with Gasteiger partial charge in [0.1, 0.15) is 23.9 Å². The second-order valence-electron chi connectivity index (χ2n) is 8.50. The highest BCUT2D eigenvalue weighted by molar-refractivity contribution is 5.99. The number of carbonyl (C=O) groups excluding carboxylic acids is 1. The van der Waals surface area contributed by atoms with Gasteiger partial charge in [0.15, 0.2) is 17.3 Å². The van der Waals surface area contributed by atoms with Gasteiger partial charge in [-0.2, -0.15) is 0 Å². The standard InChI is InChI=1S/C27H29N5O4/c1-34-22-9-8-19(14-23(22)35-2)15-28-24(33)17-32-16-21(20-6-4-3-5-7-20)25-26(32)27(30-18-29-25)31-10-12-36-13-11-31/h3-9,14,16,18H,10-13,15,17H2,1-2H3,(H,28,33). The molecule has 4 aromatic rings. The maximum absolute atomic E-state index is 13.1. The minimum atomic E-state index is -0.113. The van der Waals surface area contributed by atoms with E-state index in [1.54, 1.807) is 20.5 Å². The van der Waals surface area contributed by atoms with Gasteiger partial charge in [-0.1, -0.05) is 36.4 Å². The summed E-state index contributed by atoms with van der Waals surface area (Å²) in [6.07, 6.45) is 3.59. The third kappa shape index (κ3) is 4.83. The number of aromatic nitrogens is 3. The Morgan fingerprint density at radius 1 is 1.03 bits per heavy atom. The van der Waals surface area contributed by atoms with Gasteiger partial charge in [0.25, 0.3) is 0 Å². The second-order valence-corrected chi connectivity index (χ2v) is 8.50. The van der Waals surface area contributed by atoms with E-state index in [-0.39, 0.29) is 12.5 Å². The van der Waals surface area contributed by atoms with Crippen LogP contribution in [0.5, 0.6) is 11.5 Å². The van der Waals surface area contributed by atoms with E-state index in [0.717, 1.165) is 46.6 Å². The van der Waals surface area contributed by atoms with Crippen molar-refractivity contribution in [3.63, 3.8) is 0 Å². The number of morpholine rings is 1. The molecule has 0 unspecified atom stereocenters. The van der Waals surface area contributed by atoms with Crippen molar-refractivity contribution in [2.24, 2.45) is 0 Å². The van der Waals surface area contributed by atoms with Gasteiger partial charge in [0.05, 0.1) is 27.4 Å². The number of nitrogens with one attached hydrogen (secondary N) is 1. The Kier molecular flexibility index (Phi) is 6.99. The summed E-state index contributed by atoms with van der Waals surface area (Å²) in [4.78, 5) is 24.5. The summed E-state index contributed by atoms with van der Waals surface area (Å²) < 4.78 is 18.2. The average molecular weight is 488 g/mol. The number of benzene rings is 2. The maximum Gasteiger partial charge on any atom is 0.240 e. The summed E-state index contributed by atoms with van der Waals surface area (Å²) in [5, 5.41) is 3.02. The molecule has 1 aliphatic rings. The second kappa shape index (κ2) is 10.7. The smallest absolute Gasteiger partial charge is 0.240 e. The fourth-order valence-corrected chi connectivity index (χ4v) is 4.47. The summed E-state index contributed by atoms with van der Waals surface area (Å²) in [6, 6.07) is 15.7. The highest BCUT2D eigenvalue weighted by atomic mass is 16.5. The van der Waals surface area contributed by atoms with Crippen LogP contribution in [-0.4, -0.2) is 61.0 Å². The molecule has 9 nitrogen and oxygen atoms in total. The molecule has 2 aromatic heterocycles. The molecule has 1 N–H and O–H groups in total. The quantitative estimate of drug-likeness (QED) is 0.408. The topological polar surface area (TPSA) is 90.7 Å². The van der Waals surface area contributed by atoms with Crippen molar-refractivity contribution in [1.82, 2.24) is 19.9 Å². The van der Waals surface area contributed by atoms with E-state index in [1.807, 2.05) is 59.3 Å². The molecule has 9 heteroatoms. The summed E-state index contributed by atoms with van der Waals surface area (Å²) in [7, 11) is 3.19. The van der Waals surface area contributed by atoms with Crippen molar-refractivity contribution in [3.8, 4) is 22.6 Å². The molecule has 0 aliphatic carbocycles. The SMILES string of the molecule is COc1ccc(CNC(=O)Cn2cc(-c3ccccc3)c3ncnc(N4CCOCC4)c32)cc1OC. The Bertz CT molecular complexity index is 1350. The summed E-state index contributed by atoms with van der Waals surface area (Å²) in [6.45, 7) is 3.28. The van der Waals surface area contributed by atoms with Gasteiger partial charge >= 0.3 is 0 Å². The van der Waals surface area contributed by atoms with Crippen LogP contribution in [0.4, 0.5) is 5.82 Å². The van der Waals surface area contributed by atoms with Gasteiger partial charge in [-0.05, 0) is 23.3 Å². The van der Waals surface area contributed by atoms with E-state index >= 15 is 0 Å². The van der Waals surface area contributed by atoms with Crippen LogP contribution < -0.4 is 19.7 Å². The molecule has 1 amide bonds. The lowest BCUT2D eigenvalue weighted by molar-refractivity contribution is -0.121. The van der Waals surface area contributed by atoms with Crippen LogP contribution in [0.2, 0.25) is 0 Å². The molecule has 36 heavy (non-hydrogen) atoms. The lowest BCUT2D eigenvalue weighted by Gasteiger charge is -2.28. The van der Waals surface area contributed by atoms with Gasteiger partial charge in [-0.15, -0.1) is 0 Å². The number of carbonyl (C=O) groups is 1. The highest BCUT2D eigenvalue weighted by Gasteiger charge is 2.22. The number of hydrogen-bond donors (Lipinski definition) is 1. The third-order valence-electron chi connectivity index (χ3n) is 6.28. The molecule has 1 aliphatic heterocycles. The van der Waals surface area contributed by atoms with Crippen molar-refractivity contribution < 1.29 is 19.0 Å². The summed E-state index contributed by atoms with van der Waals surface area (Å²) in [5.74, 6) is 1.98. The molecule has 0 bridgehead atoms. The van der Waals surface area contributed by atoms with Crippen molar-refractivity contribution in [2.75, 3.05) is 45.4 Å². The number of fused-ring (bicyclic) bond motifs is 1. The first kappa shape index (κ1) is 23.6.